The van der Waals surface area contributed by atoms with Crippen molar-refractivity contribution in [1.82, 2.24) is 19.4 Å². The summed E-state index contributed by atoms with van der Waals surface area (Å²) < 4.78 is 52.4. The Morgan fingerprint density at radius 2 is 2.03 bits per heavy atom. The second kappa shape index (κ2) is 10.1. The molecule has 192 valence electrons. The van der Waals surface area contributed by atoms with Gasteiger partial charge < -0.3 is 23.9 Å². The number of halogens is 3. The number of anilines is 1. The zero-order valence-corrected chi connectivity index (χ0v) is 19.6. The first-order valence-electron chi connectivity index (χ1n) is 11.4. The highest BCUT2D eigenvalue weighted by Gasteiger charge is 2.31. The Hall–Kier alpha value is -4.19. The van der Waals surface area contributed by atoms with Crippen LogP contribution in [0, 0.1) is 12.7 Å². The minimum atomic E-state index is -2.96. The Morgan fingerprint density at radius 3 is 2.76 bits per heavy atom. The summed E-state index contributed by atoms with van der Waals surface area (Å²) >= 11 is 0. The van der Waals surface area contributed by atoms with Crippen LogP contribution in [0.15, 0.2) is 48.9 Å². The molecule has 1 aliphatic heterocycles. The number of hydrogen-bond acceptors (Lipinski definition) is 7. The Bertz CT molecular complexity index is 1440. The van der Waals surface area contributed by atoms with Gasteiger partial charge in [0.2, 0.25) is 5.95 Å². The summed E-state index contributed by atoms with van der Waals surface area (Å²) in [5.41, 5.74) is 2.76. The third-order valence-corrected chi connectivity index (χ3v) is 6.18. The number of para-hydroxylation sites is 1. The minimum absolute atomic E-state index is 0.0139. The highest BCUT2D eigenvalue weighted by molar-refractivity contribution is 5.78. The molecular formula is C25H22F3N5O4. The number of ether oxygens (including phenoxy) is 2. The second-order valence-corrected chi connectivity index (χ2v) is 8.46. The molecule has 37 heavy (non-hydrogen) atoms. The standard InChI is InChI=1S/C25H22F3N5O4/c1-14-19(8-15-4-2-3-5-21(15)37-24(27)28)33-12-17(18(26)9-22(33)31-14)16-10-29-25(30-11-16)32-6-7-36-13-20(32)23(34)35/h2-5,9-12,20,24H,6-8,13H2,1H3,(H,34,35)/t20-/m1/s1. The number of aliphatic carboxylic acids is 1. The van der Waals surface area contributed by atoms with Crippen LogP contribution < -0.4 is 9.64 Å². The number of aryl methyl sites for hydroxylation is 1. The molecule has 3 aromatic heterocycles. The van der Waals surface area contributed by atoms with Gasteiger partial charge in [-0.25, -0.2) is 24.1 Å². The number of imidazole rings is 1. The fourth-order valence-electron chi connectivity index (χ4n) is 4.35. The van der Waals surface area contributed by atoms with E-state index in [1.54, 1.807) is 35.7 Å². The largest absolute Gasteiger partial charge is 0.480 e. The number of pyridine rings is 1. The van der Waals surface area contributed by atoms with E-state index in [4.69, 9.17) is 4.74 Å². The summed E-state index contributed by atoms with van der Waals surface area (Å²) in [5.74, 6) is -1.33. The van der Waals surface area contributed by atoms with Gasteiger partial charge in [0.15, 0.2) is 6.04 Å². The fourth-order valence-corrected chi connectivity index (χ4v) is 4.35. The lowest BCUT2D eigenvalue weighted by atomic mass is 10.1. The van der Waals surface area contributed by atoms with Crippen LogP contribution in [0.4, 0.5) is 19.1 Å². The maximum absolute atomic E-state index is 15.1. The van der Waals surface area contributed by atoms with Gasteiger partial charge in [-0.2, -0.15) is 8.78 Å². The number of aromatic nitrogens is 4. The predicted octanol–water partition coefficient (Wildman–Crippen LogP) is 3.72. The number of morpholine rings is 1. The Balaban J connectivity index is 1.49. The molecule has 0 aliphatic carbocycles. The summed E-state index contributed by atoms with van der Waals surface area (Å²) in [7, 11) is 0. The number of carboxylic acid groups (broad SMARTS) is 1. The third kappa shape index (κ3) is 4.92. The molecule has 5 rings (SSSR count). The van der Waals surface area contributed by atoms with Gasteiger partial charge >= 0.3 is 12.6 Å². The van der Waals surface area contributed by atoms with Crippen LogP contribution in [0.5, 0.6) is 5.75 Å². The van der Waals surface area contributed by atoms with E-state index in [1.807, 2.05) is 0 Å². The maximum Gasteiger partial charge on any atom is 0.387 e. The van der Waals surface area contributed by atoms with Crippen molar-refractivity contribution >= 4 is 17.6 Å². The number of alkyl halides is 2. The van der Waals surface area contributed by atoms with Crippen molar-refractivity contribution in [2.45, 2.75) is 26.0 Å². The molecule has 0 bridgehead atoms. The minimum Gasteiger partial charge on any atom is -0.480 e. The van der Waals surface area contributed by atoms with Crippen LogP contribution >= 0.6 is 0 Å². The highest BCUT2D eigenvalue weighted by atomic mass is 19.3. The quantitative estimate of drug-likeness (QED) is 0.399. The molecule has 9 nitrogen and oxygen atoms in total. The fraction of sp³-hybridized carbons (Fsp3) is 0.280. The van der Waals surface area contributed by atoms with Crippen molar-refractivity contribution in [2.75, 3.05) is 24.7 Å². The molecule has 1 saturated heterocycles. The lowest BCUT2D eigenvalue weighted by molar-refractivity contribution is -0.141. The van der Waals surface area contributed by atoms with E-state index < -0.39 is 24.4 Å². The number of nitrogens with zero attached hydrogens (tertiary/aromatic N) is 5. The lowest BCUT2D eigenvalue weighted by Crippen LogP contribution is -2.50. The molecule has 1 N–H and O–H groups in total. The van der Waals surface area contributed by atoms with Crippen molar-refractivity contribution in [3.05, 3.63) is 71.7 Å². The molecular weight excluding hydrogens is 491 g/mol. The van der Waals surface area contributed by atoms with E-state index in [0.29, 0.717) is 41.3 Å². The molecule has 12 heteroatoms. The number of carbonyl (C=O) groups is 1. The van der Waals surface area contributed by atoms with E-state index >= 15 is 4.39 Å². The average molecular weight is 513 g/mol. The molecule has 1 aromatic carbocycles. The number of carboxylic acids is 1. The zero-order chi connectivity index (χ0) is 26.1. The Morgan fingerprint density at radius 1 is 1.27 bits per heavy atom. The van der Waals surface area contributed by atoms with Crippen LogP contribution in [-0.4, -0.2) is 62.8 Å². The molecule has 4 heterocycles. The summed E-state index contributed by atoms with van der Waals surface area (Å²) in [6, 6.07) is 6.84. The van der Waals surface area contributed by atoms with Gasteiger partial charge in [-0.1, -0.05) is 18.2 Å². The first-order chi connectivity index (χ1) is 17.8. The van der Waals surface area contributed by atoms with Gasteiger partial charge in [-0.3, -0.25) is 0 Å². The molecule has 1 fully saturated rings. The van der Waals surface area contributed by atoms with E-state index in [9.17, 15) is 18.7 Å². The molecule has 1 aliphatic rings. The first-order valence-corrected chi connectivity index (χ1v) is 11.4. The van der Waals surface area contributed by atoms with Crippen LogP contribution in [0.25, 0.3) is 16.8 Å². The topological polar surface area (TPSA) is 102 Å². The van der Waals surface area contributed by atoms with Gasteiger partial charge in [0.05, 0.1) is 18.9 Å². The van der Waals surface area contributed by atoms with Gasteiger partial charge in [0, 0.05) is 60.0 Å². The van der Waals surface area contributed by atoms with Crippen LogP contribution in [0.1, 0.15) is 17.0 Å². The van der Waals surface area contributed by atoms with Crippen molar-refractivity contribution in [3.8, 4) is 16.9 Å². The molecule has 1 atom stereocenters. The summed E-state index contributed by atoms with van der Waals surface area (Å²) in [6.45, 7) is -0.536. The van der Waals surface area contributed by atoms with Crippen LogP contribution in [-0.2, 0) is 16.0 Å². The SMILES string of the molecule is Cc1nc2cc(F)c(-c3cnc(N4CCOC[C@@H]4C(=O)O)nc3)cn2c1Cc1ccccc1OC(F)F. The number of rotatable bonds is 7. The summed E-state index contributed by atoms with van der Waals surface area (Å²) in [5, 5.41) is 9.45. The molecule has 0 amide bonds. The van der Waals surface area contributed by atoms with Crippen LogP contribution in [0.2, 0.25) is 0 Å². The van der Waals surface area contributed by atoms with Gasteiger partial charge in [-0.15, -0.1) is 0 Å². The lowest BCUT2D eigenvalue weighted by Gasteiger charge is -2.32. The summed E-state index contributed by atoms with van der Waals surface area (Å²) in [4.78, 5) is 26.1. The van der Waals surface area contributed by atoms with Crippen molar-refractivity contribution in [3.63, 3.8) is 0 Å². The van der Waals surface area contributed by atoms with Crippen molar-refractivity contribution in [2.24, 2.45) is 0 Å². The molecule has 4 aromatic rings. The van der Waals surface area contributed by atoms with E-state index in [2.05, 4.69) is 19.7 Å². The summed E-state index contributed by atoms with van der Waals surface area (Å²) in [6.07, 6.45) is 4.64. The predicted molar refractivity (Wildman–Crippen MR) is 126 cm³/mol. The molecule has 0 spiro atoms. The first kappa shape index (κ1) is 24.5. The number of hydrogen-bond donors (Lipinski definition) is 1. The zero-order valence-electron chi connectivity index (χ0n) is 19.6. The van der Waals surface area contributed by atoms with E-state index in [0.717, 1.165) is 0 Å². The number of benzene rings is 1. The average Bonchev–Trinajstić information content (AvgIpc) is 3.18. The highest BCUT2D eigenvalue weighted by Crippen LogP contribution is 2.29. The smallest absolute Gasteiger partial charge is 0.387 e. The second-order valence-electron chi connectivity index (χ2n) is 8.46. The number of fused-ring (bicyclic) bond motifs is 1. The van der Waals surface area contributed by atoms with E-state index in [1.165, 1.54) is 29.4 Å². The van der Waals surface area contributed by atoms with Gasteiger partial charge in [0.25, 0.3) is 0 Å². The monoisotopic (exact) mass is 513 g/mol. The molecule has 0 unspecified atom stereocenters. The Labute approximate surface area is 209 Å². The van der Waals surface area contributed by atoms with E-state index in [-0.39, 0.29) is 30.3 Å². The Kier molecular flexibility index (Phi) is 6.66. The van der Waals surface area contributed by atoms with Crippen molar-refractivity contribution < 1.29 is 32.5 Å². The molecule has 0 saturated carbocycles. The molecule has 0 radical (unpaired) electrons. The maximum atomic E-state index is 15.1. The van der Waals surface area contributed by atoms with Crippen LogP contribution in [0.3, 0.4) is 0 Å². The van der Waals surface area contributed by atoms with Gasteiger partial charge in [0.1, 0.15) is 17.2 Å². The normalized spacial score (nSPS) is 15.9. The van der Waals surface area contributed by atoms with Crippen molar-refractivity contribution in [1.29, 1.82) is 0 Å². The third-order valence-electron chi connectivity index (χ3n) is 6.18. The van der Waals surface area contributed by atoms with Gasteiger partial charge in [-0.05, 0) is 13.0 Å².